The molecule has 1 saturated heterocycles. The number of amides is 3. The molecule has 0 spiro atoms. The monoisotopic (exact) mass is 370 g/mol. The van der Waals surface area contributed by atoms with Crippen molar-refractivity contribution in [2.24, 2.45) is 0 Å². The molecule has 1 aliphatic rings. The summed E-state index contributed by atoms with van der Waals surface area (Å²) in [6.07, 6.45) is -0.148. The summed E-state index contributed by atoms with van der Waals surface area (Å²) in [5.41, 5.74) is 2.66. The largest absolute Gasteiger partial charge is 0.506 e. The quantitative estimate of drug-likeness (QED) is 0.803. The van der Waals surface area contributed by atoms with Crippen LogP contribution < -0.4 is 10.2 Å². The van der Waals surface area contributed by atoms with Gasteiger partial charge in [0, 0.05) is 6.42 Å². The number of phenolic OH excluding ortho intramolecular Hbond substituents is 1. The first-order valence-electron chi connectivity index (χ1n) is 8.07. The highest BCUT2D eigenvalue weighted by atomic mass is 32.2. The Morgan fingerprint density at radius 3 is 2.62 bits per heavy atom. The smallest absolute Gasteiger partial charge is 0.293 e. The molecule has 0 bridgehead atoms. The second-order valence-corrected chi connectivity index (χ2v) is 7.19. The van der Waals surface area contributed by atoms with Crippen molar-refractivity contribution in [2.75, 3.05) is 10.2 Å². The molecule has 3 amide bonds. The summed E-state index contributed by atoms with van der Waals surface area (Å²) >= 11 is 0.848. The maximum absolute atomic E-state index is 12.7. The van der Waals surface area contributed by atoms with Gasteiger partial charge in [-0.15, -0.1) is 0 Å². The van der Waals surface area contributed by atoms with Crippen molar-refractivity contribution in [3.05, 3.63) is 53.6 Å². The van der Waals surface area contributed by atoms with Gasteiger partial charge in [0.2, 0.25) is 11.8 Å². The fraction of sp³-hybridized carbons (Fsp3) is 0.211. The van der Waals surface area contributed by atoms with Crippen LogP contribution in [0.3, 0.4) is 0 Å². The Bertz CT molecular complexity index is 897. The number of rotatable bonds is 4. The lowest BCUT2D eigenvalue weighted by Gasteiger charge is -2.17. The van der Waals surface area contributed by atoms with Crippen molar-refractivity contribution in [1.82, 2.24) is 0 Å². The number of hydrogen-bond acceptors (Lipinski definition) is 5. The van der Waals surface area contributed by atoms with Crippen molar-refractivity contribution in [2.45, 2.75) is 25.5 Å². The number of carbonyl (C=O) groups is 3. The number of benzene rings is 2. The third-order valence-corrected chi connectivity index (χ3v) is 5.32. The standard InChI is InChI=1S/C19H18N2O4S/c1-11-6-5-8-14(12(11)2)21-18(24)16(26-19(21)25)10-17(23)20-13-7-3-4-9-15(13)22/h3-9,16,22H,10H2,1-2H3,(H,20,23). The SMILES string of the molecule is Cc1cccc(N2C(=O)SC(CC(=O)Nc3ccccc3O)C2=O)c1C. The Hall–Kier alpha value is -2.80. The normalized spacial score (nSPS) is 16.8. The molecule has 0 aliphatic carbocycles. The number of hydrogen-bond donors (Lipinski definition) is 2. The predicted molar refractivity (Wildman–Crippen MR) is 102 cm³/mol. The zero-order chi connectivity index (χ0) is 18.8. The second kappa shape index (κ2) is 7.21. The Labute approximate surface area is 155 Å². The molecule has 0 aromatic heterocycles. The number of para-hydroxylation sites is 2. The summed E-state index contributed by atoms with van der Waals surface area (Å²) < 4.78 is 0. The van der Waals surface area contributed by atoms with E-state index in [0.717, 1.165) is 27.8 Å². The number of nitrogens with zero attached hydrogens (tertiary/aromatic N) is 1. The summed E-state index contributed by atoms with van der Waals surface area (Å²) in [7, 11) is 0. The topological polar surface area (TPSA) is 86.7 Å². The van der Waals surface area contributed by atoms with Crippen molar-refractivity contribution in [3.8, 4) is 5.75 Å². The molecule has 0 saturated carbocycles. The van der Waals surface area contributed by atoms with Crippen LogP contribution in [0.4, 0.5) is 16.2 Å². The number of nitrogens with one attached hydrogen (secondary N) is 1. The van der Waals surface area contributed by atoms with Gasteiger partial charge in [-0.2, -0.15) is 0 Å². The molecule has 1 unspecified atom stereocenters. The van der Waals surface area contributed by atoms with Crippen LogP contribution in [0.15, 0.2) is 42.5 Å². The molecule has 26 heavy (non-hydrogen) atoms. The Morgan fingerprint density at radius 2 is 1.88 bits per heavy atom. The van der Waals surface area contributed by atoms with Crippen molar-refractivity contribution in [3.63, 3.8) is 0 Å². The van der Waals surface area contributed by atoms with Gasteiger partial charge in [0.1, 0.15) is 11.0 Å². The molecule has 1 heterocycles. The van der Waals surface area contributed by atoms with Crippen LogP contribution in [0, 0.1) is 13.8 Å². The van der Waals surface area contributed by atoms with Crippen molar-refractivity contribution < 1.29 is 19.5 Å². The highest BCUT2D eigenvalue weighted by Crippen LogP contribution is 2.36. The number of aromatic hydroxyl groups is 1. The van der Waals surface area contributed by atoms with E-state index in [1.54, 1.807) is 30.3 Å². The van der Waals surface area contributed by atoms with Crippen molar-refractivity contribution >= 4 is 40.2 Å². The number of imide groups is 1. The first kappa shape index (κ1) is 18.0. The van der Waals surface area contributed by atoms with Crippen LogP contribution in [0.25, 0.3) is 0 Å². The molecular weight excluding hydrogens is 352 g/mol. The number of phenols is 1. The van der Waals surface area contributed by atoms with E-state index in [2.05, 4.69) is 5.32 Å². The van der Waals surface area contributed by atoms with E-state index in [1.165, 1.54) is 6.07 Å². The molecule has 3 rings (SSSR count). The first-order chi connectivity index (χ1) is 12.4. The lowest BCUT2D eigenvalue weighted by Crippen LogP contribution is -2.33. The summed E-state index contributed by atoms with van der Waals surface area (Å²) in [5.74, 6) is -0.895. The minimum atomic E-state index is -0.784. The summed E-state index contributed by atoms with van der Waals surface area (Å²) in [5, 5.41) is 11.1. The number of carbonyl (C=O) groups excluding carboxylic acids is 3. The number of aryl methyl sites for hydroxylation is 1. The maximum Gasteiger partial charge on any atom is 0.293 e. The lowest BCUT2D eigenvalue weighted by atomic mass is 10.1. The average Bonchev–Trinajstić information content (AvgIpc) is 2.86. The highest BCUT2D eigenvalue weighted by Gasteiger charge is 2.42. The summed E-state index contributed by atoms with van der Waals surface area (Å²) in [6.45, 7) is 3.77. The Kier molecular flexibility index (Phi) is 4.99. The molecule has 2 N–H and O–H groups in total. The fourth-order valence-electron chi connectivity index (χ4n) is 2.73. The second-order valence-electron chi connectivity index (χ2n) is 6.03. The summed E-state index contributed by atoms with van der Waals surface area (Å²) in [4.78, 5) is 38.4. The molecular formula is C19H18N2O4S. The Balaban J connectivity index is 1.74. The van der Waals surface area contributed by atoms with Gasteiger partial charge in [0.25, 0.3) is 5.24 Å². The average molecular weight is 370 g/mol. The number of anilines is 2. The molecule has 6 nitrogen and oxygen atoms in total. The Morgan fingerprint density at radius 1 is 1.15 bits per heavy atom. The zero-order valence-electron chi connectivity index (χ0n) is 14.4. The van der Waals surface area contributed by atoms with Gasteiger partial charge in [-0.05, 0) is 54.9 Å². The van der Waals surface area contributed by atoms with E-state index in [1.807, 2.05) is 19.9 Å². The van der Waals surface area contributed by atoms with Crippen LogP contribution in [0.5, 0.6) is 5.75 Å². The van der Waals surface area contributed by atoms with Crippen LogP contribution in [0.2, 0.25) is 0 Å². The van der Waals surface area contributed by atoms with Gasteiger partial charge in [-0.1, -0.05) is 24.3 Å². The molecule has 134 valence electrons. The molecule has 1 atom stereocenters. The van der Waals surface area contributed by atoms with Gasteiger partial charge in [-0.25, -0.2) is 4.90 Å². The van der Waals surface area contributed by atoms with E-state index in [-0.39, 0.29) is 23.1 Å². The first-order valence-corrected chi connectivity index (χ1v) is 8.95. The third-order valence-electron chi connectivity index (χ3n) is 4.29. The summed E-state index contributed by atoms with van der Waals surface area (Å²) in [6, 6.07) is 11.8. The fourth-order valence-corrected chi connectivity index (χ4v) is 3.71. The lowest BCUT2D eigenvalue weighted by molar-refractivity contribution is -0.121. The molecule has 7 heteroatoms. The van der Waals surface area contributed by atoms with E-state index in [9.17, 15) is 19.5 Å². The van der Waals surface area contributed by atoms with Gasteiger partial charge >= 0.3 is 0 Å². The van der Waals surface area contributed by atoms with E-state index in [4.69, 9.17) is 0 Å². The molecule has 0 radical (unpaired) electrons. The van der Waals surface area contributed by atoms with E-state index >= 15 is 0 Å². The minimum Gasteiger partial charge on any atom is -0.506 e. The highest BCUT2D eigenvalue weighted by molar-refractivity contribution is 8.15. The number of thioether (sulfide) groups is 1. The van der Waals surface area contributed by atoms with E-state index < -0.39 is 17.1 Å². The van der Waals surface area contributed by atoms with Crippen molar-refractivity contribution in [1.29, 1.82) is 0 Å². The van der Waals surface area contributed by atoms with Crippen LogP contribution in [-0.2, 0) is 9.59 Å². The molecule has 1 fully saturated rings. The predicted octanol–water partition coefficient (Wildman–Crippen LogP) is 3.61. The maximum atomic E-state index is 12.7. The van der Waals surface area contributed by atoms with Crippen LogP contribution in [-0.4, -0.2) is 27.4 Å². The van der Waals surface area contributed by atoms with E-state index in [0.29, 0.717) is 5.69 Å². The molecule has 1 aliphatic heterocycles. The van der Waals surface area contributed by atoms with Gasteiger partial charge in [0.15, 0.2) is 0 Å². The molecule has 2 aromatic rings. The van der Waals surface area contributed by atoms with Gasteiger partial charge in [-0.3, -0.25) is 14.4 Å². The zero-order valence-corrected chi connectivity index (χ0v) is 15.2. The van der Waals surface area contributed by atoms with Crippen LogP contribution >= 0.6 is 11.8 Å². The third kappa shape index (κ3) is 3.43. The van der Waals surface area contributed by atoms with Crippen LogP contribution in [0.1, 0.15) is 17.5 Å². The minimum absolute atomic E-state index is 0.0562. The van der Waals surface area contributed by atoms with Gasteiger partial charge in [0.05, 0.1) is 11.4 Å². The molecule has 2 aromatic carbocycles. The van der Waals surface area contributed by atoms with Gasteiger partial charge < -0.3 is 10.4 Å².